The minimum absolute atomic E-state index is 0.00866. The number of carboxylic acids is 1. The van der Waals surface area contributed by atoms with Crippen LogP contribution >= 0.6 is 0 Å². The van der Waals surface area contributed by atoms with Gasteiger partial charge in [-0.2, -0.15) is 0 Å². The molecule has 0 bridgehead atoms. The molecule has 0 fully saturated rings. The summed E-state index contributed by atoms with van der Waals surface area (Å²) in [4.78, 5) is 20.7. The quantitative estimate of drug-likeness (QED) is 0.659. The second-order valence-electron chi connectivity index (χ2n) is 2.80. The minimum Gasteiger partial charge on any atom is -0.481 e. The summed E-state index contributed by atoms with van der Waals surface area (Å²) >= 11 is 0. The Morgan fingerprint density at radius 3 is 2.36 bits per heavy atom. The molecule has 1 atom stereocenters. The first-order chi connectivity index (χ1) is 5.04. The van der Waals surface area contributed by atoms with Crippen LogP contribution in [0.25, 0.3) is 0 Å². The summed E-state index contributed by atoms with van der Waals surface area (Å²) in [6.07, 6.45) is 1.44. The van der Waals surface area contributed by atoms with Crippen molar-refractivity contribution in [1.82, 2.24) is 0 Å². The van der Waals surface area contributed by atoms with Crippen LogP contribution < -0.4 is 0 Å². The van der Waals surface area contributed by atoms with Crippen molar-refractivity contribution >= 4 is 11.8 Å². The van der Waals surface area contributed by atoms with Gasteiger partial charge in [-0.3, -0.25) is 9.59 Å². The lowest BCUT2D eigenvalue weighted by Gasteiger charge is -2.04. The number of hydrogen-bond acceptors (Lipinski definition) is 2. The molecule has 0 amide bonds. The smallest absolute Gasteiger partial charge is 0.303 e. The summed E-state index contributed by atoms with van der Waals surface area (Å²) in [5.41, 5.74) is 0. The molecule has 0 unspecified atom stereocenters. The standard InChI is InChI=1S/C8H14O3/c1-6(7(2)9)4-3-5-8(10)11/h6H,3-5H2,1-2H3,(H,10,11)/t6-/m1/s1. The van der Waals surface area contributed by atoms with Crippen LogP contribution in [0.5, 0.6) is 0 Å². The molecule has 0 aromatic rings. The SMILES string of the molecule is CC(=O)[C@H](C)CCCC(=O)O. The summed E-state index contributed by atoms with van der Waals surface area (Å²) in [7, 11) is 0. The van der Waals surface area contributed by atoms with Crippen LogP contribution in [0.2, 0.25) is 0 Å². The van der Waals surface area contributed by atoms with Gasteiger partial charge in [0.2, 0.25) is 0 Å². The van der Waals surface area contributed by atoms with Gasteiger partial charge in [-0.1, -0.05) is 6.92 Å². The van der Waals surface area contributed by atoms with Gasteiger partial charge < -0.3 is 5.11 Å². The zero-order valence-corrected chi connectivity index (χ0v) is 6.96. The molecule has 3 heteroatoms. The fourth-order valence-corrected chi connectivity index (χ4v) is 0.763. The summed E-state index contributed by atoms with van der Waals surface area (Å²) < 4.78 is 0. The van der Waals surface area contributed by atoms with Crippen LogP contribution in [0.1, 0.15) is 33.1 Å². The highest BCUT2D eigenvalue weighted by atomic mass is 16.4. The fraction of sp³-hybridized carbons (Fsp3) is 0.750. The highest BCUT2D eigenvalue weighted by Gasteiger charge is 2.07. The summed E-state index contributed by atoms with van der Waals surface area (Å²) in [5, 5.41) is 8.28. The van der Waals surface area contributed by atoms with E-state index in [0.29, 0.717) is 12.8 Å². The van der Waals surface area contributed by atoms with Gasteiger partial charge in [-0.15, -0.1) is 0 Å². The molecule has 3 nitrogen and oxygen atoms in total. The third-order valence-electron chi connectivity index (χ3n) is 1.72. The van der Waals surface area contributed by atoms with E-state index in [4.69, 9.17) is 5.11 Å². The molecule has 1 N–H and O–H groups in total. The minimum atomic E-state index is -0.791. The zero-order chi connectivity index (χ0) is 8.85. The Hall–Kier alpha value is -0.860. The molecule has 0 rings (SSSR count). The van der Waals surface area contributed by atoms with Crippen LogP contribution in [0.15, 0.2) is 0 Å². The first-order valence-electron chi connectivity index (χ1n) is 3.76. The molecule has 0 heterocycles. The van der Waals surface area contributed by atoms with E-state index in [9.17, 15) is 9.59 Å². The van der Waals surface area contributed by atoms with Crippen molar-refractivity contribution in [3.63, 3.8) is 0 Å². The monoisotopic (exact) mass is 158 g/mol. The van der Waals surface area contributed by atoms with Crippen LogP contribution in [-0.4, -0.2) is 16.9 Å². The number of carbonyl (C=O) groups excluding carboxylic acids is 1. The summed E-state index contributed by atoms with van der Waals surface area (Å²) in [5.74, 6) is -0.648. The Kier molecular flexibility index (Phi) is 4.50. The Labute approximate surface area is 66.4 Å². The van der Waals surface area contributed by atoms with E-state index in [1.807, 2.05) is 6.92 Å². The lowest BCUT2D eigenvalue weighted by atomic mass is 10.0. The van der Waals surface area contributed by atoms with Crippen molar-refractivity contribution in [2.45, 2.75) is 33.1 Å². The van der Waals surface area contributed by atoms with Crippen LogP contribution in [0.4, 0.5) is 0 Å². The first-order valence-corrected chi connectivity index (χ1v) is 3.76. The van der Waals surface area contributed by atoms with Gasteiger partial charge in [0.05, 0.1) is 0 Å². The van der Waals surface area contributed by atoms with Crippen molar-refractivity contribution < 1.29 is 14.7 Å². The molecule has 0 radical (unpaired) electrons. The van der Waals surface area contributed by atoms with Gasteiger partial charge in [-0.05, 0) is 19.8 Å². The average Bonchev–Trinajstić information content (AvgIpc) is 1.86. The second-order valence-corrected chi connectivity index (χ2v) is 2.80. The Morgan fingerprint density at radius 2 is 2.00 bits per heavy atom. The highest BCUT2D eigenvalue weighted by molar-refractivity contribution is 5.77. The first kappa shape index (κ1) is 10.1. The van der Waals surface area contributed by atoms with Crippen LogP contribution in [0, 0.1) is 5.92 Å². The molecule has 0 spiro atoms. The Morgan fingerprint density at radius 1 is 1.45 bits per heavy atom. The fourth-order valence-electron chi connectivity index (χ4n) is 0.763. The topological polar surface area (TPSA) is 54.4 Å². The number of carbonyl (C=O) groups is 2. The maximum atomic E-state index is 10.7. The number of hydrogen-bond donors (Lipinski definition) is 1. The number of rotatable bonds is 5. The van der Waals surface area contributed by atoms with Crippen LogP contribution in [0.3, 0.4) is 0 Å². The highest BCUT2D eigenvalue weighted by Crippen LogP contribution is 2.08. The van der Waals surface area contributed by atoms with Gasteiger partial charge in [-0.25, -0.2) is 0 Å². The van der Waals surface area contributed by atoms with Gasteiger partial charge in [0, 0.05) is 12.3 Å². The van der Waals surface area contributed by atoms with E-state index >= 15 is 0 Å². The molecule has 0 aliphatic heterocycles. The maximum Gasteiger partial charge on any atom is 0.303 e. The number of carboxylic acid groups (broad SMARTS) is 1. The molecule has 0 aliphatic rings. The van der Waals surface area contributed by atoms with Crippen molar-refractivity contribution in [1.29, 1.82) is 0 Å². The molecule has 0 aliphatic carbocycles. The molecular weight excluding hydrogens is 144 g/mol. The van der Waals surface area contributed by atoms with Crippen molar-refractivity contribution in [2.24, 2.45) is 5.92 Å². The Bertz CT molecular complexity index is 151. The molecule has 0 aromatic carbocycles. The summed E-state index contributed by atoms with van der Waals surface area (Å²) in [6, 6.07) is 0. The van der Waals surface area contributed by atoms with E-state index in [1.165, 1.54) is 6.92 Å². The third kappa shape index (κ3) is 5.58. The lowest BCUT2D eigenvalue weighted by molar-refractivity contribution is -0.137. The van der Waals surface area contributed by atoms with E-state index in [-0.39, 0.29) is 18.1 Å². The molecular formula is C8H14O3. The summed E-state index contributed by atoms with van der Waals surface area (Å²) in [6.45, 7) is 3.36. The van der Waals surface area contributed by atoms with Gasteiger partial charge in [0.25, 0.3) is 0 Å². The van der Waals surface area contributed by atoms with E-state index in [0.717, 1.165) is 0 Å². The molecule has 64 valence electrons. The predicted molar refractivity (Wildman–Crippen MR) is 41.3 cm³/mol. The number of Topliss-reactive ketones (excluding diaryl/α,β-unsaturated/α-hetero) is 1. The van der Waals surface area contributed by atoms with E-state index in [2.05, 4.69) is 0 Å². The number of ketones is 1. The number of aliphatic carboxylic acids is 1. The van der Waals surface area contributed by atoms with E-state index in [1.54, 1.807) is 0 Å². The van der Waals surface area contributed by atoms with E-state index < -0.39 is 5.97 Å². The normalized spacial score (nSPS) is 12.5. The lowest BCUT2D eigenvalue weighted by Crippen LogP contribution is -2.06. The third-order valence-corrected chi connectivity index (χ3v) is 1.72. The molecule has 0 saturated carbocycles. The van der Waals surface area contributed by atoms with Crippen molar-refractivity contribution in [3.05, 3.63) is 0 Å². The average molecular weight is 158 g/mol. The predicted octanol–water partition coefficient (Wildman–Crippen LogP) is 1.47. The molecule has 0 saturated heterocycles. The van der Waals surface area contributed by atoms with Gasteiger partial charge in [0.15, 0.2) is 0 Å². The molecule has 0 aromatic heterocycles. The Balaban J connectivity index is 3.39. The van der Waals surface area contributed by atoms with Crippen LogP contribution in [-0.2, 0) is 9.59 Å². The largest absolute Gasteiger partial charge is 0.481 e. The van der Waals surface area contributed by atoms with Gasteiger partial charge >= 0.3 is 5.97 Å². The van der Waals surface area contributed by atoms with Crippen molar-refractivity contribution in [2.75, 3.05) is 0 Å². The maximum absolute atomic E-state index is 10.7. The van der Waals surface area contributed by atoms with Gasteiger partial charge in [0.1, 0.15) is 5.78 Å². The second kappa shape index (κ2) is 4.88. The van der Waals surface area contributed by atoms with Crippen molar-refractivity contribution in [3.8, 4) is 0 Å². The molecule has 11 heavy (non-hydrogen) atoms. The zero-order valence-electron chi connectivity index (χ0n) is 6.96.